The molecule has 1 atom stereocenters. The Morgan fingerprint density at radius 1 is 1.38 bits per heavy atom. The van der Waals surface area contributed by atoms with Crippen LogP contribution >= 0.6 is 11.6 Å². The number of aromatic nitrogens is 3. The second kappa shape index (κ2) is 6.46. The van der Waals surface area contributed by atoms with E-state index in [1.807, 2.05) is 19.1 Å². The molecular formula is C16H15ClN4O3. The van der Waals surface area contributed by atoms with E-state index in [2.05, 4.69) is 20.3 Å². The Balaban J connectivity index is 2.14. The maximum atomic E-state index is 11.2. The van der Waals surface area contributed by atoms with Crippen LogP contribution in [0.15, 0.2) is 30.3 Å². The average Bonchev–Trinajstić information content (AvgIpc) is 2.92. The third kappa shape index (κ3) is 3.17. The van der Waals surface area contributed by atoms with E-state index >= 15 is 0 Å². The Hall–Kier alpha value is -2.64. The van der Waals surface area contributed by atoms with Gasteiger partial charge in [0.1, 0.15) is 17.5 Å². The van der Waals surface area contributed by atoms with Crippen LogP contribution < -0.4 is 5.32 Å². The van der Waals surface area contributed by atoms with Crippen molar-refractivity contribution in [3.05, 3.63) is 41.0 Å². The molecule has 24 heavy (non-hydrogen) atoms. The summed E-state index contributed by atoms with van der Waals surface area (Å²) >= 11 is 6.02. The fourth-order valence-electron chi connectivity index (χ4n) is 2.36. The molecule has 0 spiro atoms. The molecule has 0 radical (unpaired) electrons. The summed E-state index contributed by atoms with van der Waals surface area (Å²) < 4.78 is 0. The number of aliphatic carboxylic acids is 1. The van der Waals surface area contributed by atoms with Crippen molar-refractivity contribution in [2.45, 2.75) is 13.0 Å². The first-order valence-corrected chi connectivity index (χ1v) is 7.59. The predicted octanol–water partition coefficient (Wildman–Crippen LogP) is 2.44. The van der Waals surface area contributed by atoms with E-state index in [1.54, 1.807) is 18.2 Å². The summed E-state index contributed by atoms with van der Waals surface area (Å²) in [6, 6.07) is 7.72. The third-order valence-corrected chi connectivity index (χ3v) is 3.73. The Kier molecular flexibility index (Phi) is 4.37. The number of aryl methyl sites for hydroxylation is 1. The summed E-state index contributed by atoms with van der Waals surface area (Å²) in [4.78, 5) is 23.2. The molecule has 0 aliphatic heterocycles. The van der Waals surface area contributed by atoms with Crippen molar-refractivity contribution in [1.29, 1.82) is 0 Å². The van der Waals surface area contributed by atoms with Crippen molar-refractivity contribution >= 4 is 34.4 Å². The molecule has 2 aromatic heterocycles. The molecule has 0 aliphatic carbocycles. The number of aliphatic hydroxyl groups is 1. The van der Waals surface area contributed by atoms with Gasteiger partial charge in [-0.05, 0) is 25.1 Å². The molecule has 3 rings (SSSR count). The SMILES string of the molecule is Cc1cc2c(NC(CO)C(=O)O)nc(-c3cccc(Cl)c3)nc2[nH]1. The summed E-state index contributed by atoms with van der Waals surface area (Å²) in [6.07, 6.45) is 0. The van der Waals surface area contributed by atoms with Crippen LogP contribution in [-0.4, -0.2) is 43.8 Å². The Bertz CT molecular complexity index is 909. The van der Waals surface area contributed by atoms with E-state index in [0.717, 1.165) is 5.69 Å². The topological polar surface area (TPSA) is 111 Å². The van der Waals surface area contributed by atoms with Gasteiger partial charge in [-0.2, -0.15) is 0 Å². The number of nitrogens with zero attached hydrogens (tertiary/aromatic N) is 2. The van der Waals surface area contributed by atoms with E-state index in [-0.39, 0.29) is 0 Å². The molecule has 0 saturated heterocycles. The molecule has 0 saturated carbocycles. The quantitative estimate of drug-likeness (QED) is 0.564. The highest BCUT2D eigenvalue weighted by Crippen LogP contribution is 2.27. The molecule has 1 unspecified atom stereocenters. The van der Waals surface area contributed by atoms with Crippen molar-refractivity contribution in [2.24, 2.45) is 0 Å². The van der Waals surface area contributed by atoms with Crippen molar-refractivity contribution < 1.29 is 15.0 Å². The van der Waals surface area contributed by atoms with E-state index in [1.165, 1.54) is 0 Å². The van der Waals surface area contributed by atoms with Crippen molar-refractivity contribution in [1.82, 2.24) is 15.0 Å². The molecule has 2 heterocycles. The second-order valence-corrected chi connectivity index (χ2v) is 5.77. The van der Waals surface area contributed by atoms with Crippen molar-refractivity contribution in [3.8, 4) is 11.4 Å². The fourth-order valence-corrected chi connectivity index (χ4v) is 2.55. The Morgan fingerprint density at radius 2 is 2.17 bits per heavy atom. The lowest BCUT2D eigenvalue weighted by Crippen LogP contribution is -2.33. The van der Waals surface area contributed by atoms with Gasteiger partial charge in [0.05, 0.1) is 12.0 Å². The maximum absolute atomic E-state index is 11.2. The largest absolute Gasteiger partial charge is 0.480 e. The van der Waals surface area contributed by atoms with Crippen LogP contribution in [0.5, 0.6) is 0 Å². The smallest absolute Gasteiger partial charge is 0.328 e. The van der Waals surface area contributed by atoms with Crippen LogP contribution in [0.2, 0.25) is 5.02 Å². The van der Waals surface area contributed by atoms with Crippen LogP contribution in [-0.2, 0) is 4.79 Å². The van der Waals surface area contributed by atoms with Gasteiger partial charge in [0, 0.05) is 16.3 Å². The third-order valence-electron chi connectivity index (χ3n) is 3.50. The Morgan fingerprint density at radius 3 is 2.83 bits per heavy atom. The van der Waals surface area contributed by atoms with Gasteiger partial charge in [0.25, 0.3) is 0 Å². The van der Waals surface area contributed by atoms with Crippen LogP contribution in [0.4, 0.5) is 5.82 Å². The van der Waals surface area contributed by atoms with Crippen LogP contribution in [0.25, 0.3) is 22.4 Å². The first-order chi connectivity index (χ1) is 11.5. The molecule has 0 bridgehead atoms. The van der Waals surface area contributed by atoms with Gasteiger partial charge in [0.15, 0.2) is 5.82 Å². The number of benzene rings is 1. The maximum Gasteiger partial charge on any atom is 0.328 e. The standard InChI is InChI=1S/C16H15ClN4O3/c1-8-5-11-14(18-8)20-13(9-3-2-4-10(17)6-9)21-15(11)19-12(7-22)16(23)24/h2-6,12,22H,7H2,1H3,(H,23,24)(H2,18,19,20,21). The lowest BCUT2D eigenvalue weighted by atomic mass is 10.2. The number of aliphatic hydroxyl groups excluding tert-OH is 1. The lowest BCUT2D eigenvalue weighted by molar-refractivity contribution is -0.138. The van der Waals surface area contributed by atoms with E-state index in [4.69, 9.17) is 16.7 Å². The van der Waals surface area contributed by atoms with Crippen molar-refractivity contribution in [3.63, 3.8) is 0 Å². The summed E-state index contributed by atoms with van der Waals surface area (Å²) in [5.41, 5.74) is 2.14. The van der Waals surface area contributed by atoms with Crippen molar-refractivity contribution in [2.75, 3.05) is 11.9 Å². The zero-order valence-electron chi connectivity index (χ0n) is 12.7. The zero-order valence-corrected chi connectivity index (χ0v) is 13.5. The number of hydrogen-bond acceptors (Lipinski definition) is 5. The van der Waals surface area contributed by atoms with Gasteiger partial charge in [0.2, 0.25) is 0 Å². The second-order valence-electron chi connectivity index (χ2n) is 5.34. The molecule has 3 aromatic rings. The molecule has 8 heteroatoms. The van der Waals surface area contributed by atoms with Gasteiger partial charge in [-0.3, -0.25) is 0 Å². The molecule has 0 fully saturated rings. The monoisotopic (exact) mass is 346 g/mol. The van der Waals surface area contributed by atoms with Gasteiger partial charge in [-0.25, -0.2) is 14.8 Å². The minimum Gasteiger partial charge on any atom is -0.480 e. The molecule has 0 amide bonds. The number of rotatable bonds is 5. The van der Waals surface area contributed by atoms with Crippen LogP contribution in [0.1, 0.15) is 5.69 Å². The van der Waals surface area contributed by atoms with E-state index in [9.17, 15) is 9.90 Å². The molecule has 4 N–H and O–H groups in total. The minimum absolute atomic E-state index is 0.334. The van der Waals surface area contributed by atoms with Gasteiger partial charge in [-0.15, -0.1) is 0 Å². The van der Waals surface area contributed by atoms with Gasteiger partial charge < -0.3 is 20.5 Å². The number of carboxylic acids is 1. The molecule has 7 nitrogen and oxygen atoms in total. The number of hydrogen-bond donors (Lipinski definition) is 4. The lowest BCUT2D eigenvalue weighted by Gasteiger charge is -2.14. The van der Waals surface area contributed by atoms with E-state index in [0.29, 0.717) is 33.3 Å². The predicted molar refractivity (Wildman–Crippen MR) is 91.2 cm³/mol. The molecule has 1 aromatic carbocycles. The van der Waals surface area contributed by atoms with Crippen LogP contribution in [0.3, 0.4) is 0 Å². The first kappa shape index (κ1) is 16.2. The van der Waals surface area contributed by atoms with Gasteiger partial charge in [-0.1, -0.05) is 23.7 Å². The Labute approximate surface area is 142 Å². The number of nitrogens with one attached hydrogen (secondary N) is 2. The summed E-state index contributed by atoms with van der Waals surface area (Å²) in [7, 11) is 0. The molecule has 124 valence electrons. The highest BCUT2D eigenvalue weighted by molar-refractivity contribution is 6.30. The zero-order chi connectivity index (χ0) is 17.3. The summed E-state index contributed by atoms with van der Waals surface area (Å²) in [5.74, 6) is -0.432. The highest BCUT2D eigenvalue weighted by Gasteiger charge is 2.19. The average molecular weight is 347 g/mol. The number of aromatic amines is 1. The van der Waals surface area contributed by atoms with E-state index < -0.39 is 18.6 Å². The number of halogens is 1. The summed E-state index contributed by atoms with van der Waals surface area (Å²) in [5, 5.41) is 22.3. The highest BCUT2D eigenvalue weighted by atomic mass is 35.5. The van der Waals surface area contributed by atoms with Gasteiger partial charge >= 0.3 is 5.97 Å². The van der Waals surface area contributed by atoms with Crippen LogP contribution in [0, 0.1) is 6.92 Å². The minimum atomic E-state index is -1.17. The number of anilines is 1. The molecular weight excluding hydrogens is 332 g/mol. The number of carbonyl (C=O) groups is 1. The molecule has 0 aliphatic rings. The number of H-pyrrole nitrogens is 1. The fraction of sp³-hybridized carbons (Fsp3) is 0.188. The number of carboxylic acid groups (broad SMARTS) is 1. The first-order valence-electron chi connectivity index (χ1n) is 7.21. The normalized spacial score (nSPS) is 12.3. The summed E-state index contributed by atoms with van der Waals surface area (Å²) in [6.45, 7) is 1.31. The number of fused-ring (bicyclic) bond motifs is 1.